The van der Waals surface area contributed by atoms with Crippen molar-refractivity contribution in [3.63, 3.8) is 0 Å². The second kappa shape index (κ2) is 8.04. The molecule has 1 aromatic heterocycles. The van der Waals surface area contributed by atoms with Crippen molar-refractivity contribution in [3.8, 4) is 0 Å². The summed E-state index contributed by atoms with van der Waals surface area (Å²) in [5.41, 5.74) is 0. The van der Waals surface area contributed by atoms with Gasteiger partial charge in [-0.3, -0.25) is 9.69 Å². The summed E-state index contributed by atoms with van der Waals surface area (Å²) in [7, 11) is 0. The van der Waals surface area contributed by atoms with Crippen molar-refractivity contribution in [1.29, 1.82) is 0 Å². The van der Waals surface area contributed by atoms with Gasteiger partial charge in [-0.1, -0.05) is 0 Å². The van der Waals surface area contributed by atoms with E-state index in [0.29, 0.717) is 19.7 Å². The summed E-state index contributed by atoms with van der Waals surface area (Å²) in [6.07, 6.45) is 3.62. The van der Waals surface area contributed by atoms with Gasteiger partial charge in [-0.15, -0.1) is 0 Å². The molecule has 6 heteroatoms. The number of nitrogens with zero attached hydrogens (tertiary/aromatic N) is 1. The lowest BCUT2D eigenvalue weighted by Gasteiger charge is -2.31. The predicted octanol–water partition coefficient (Wildman–Crippen LogP) is 0.369. The van der Waals surface area contributed by atoms with Crippen LogP contribution in [0.2, 0.25) is 0 Å². The van der Waals surface area contributed by atoms with Crippen LogP contribution in [0.3, 0.4) is 0 Å². The van der Waals surface area contributed by atoms with Crippen LogP contribution in [-0.2, 0) is 16.1 Å². The molecular weight excluding hydrogens is 260 g/mol. The Bertz CT molecular complexity index is 386. The number of rotatable bonds is 7. The molecule has 0 spiro atoms. The van der Waals surface area contributed by atoms with Crippen LogP contribution < -0.4 is 5.32 Å². The van der Waals surface area contributed by atoms with Gasteiger partial charge in [0.1, 0.15) is 5.76 Å². The Morgan fingerprint density at radius 2 is 2.30 bits per heavy atom. The molecule has 0 atom stereocenters. The third-order valence-corrected chi connectivity index (χ3v) is 3.39. The number of aliphatic hydroxyl groups is 1. The third-order valence-electron chi connectivity index (χ3n) is 3.39. The Morgan fingerprint density at radius 1 is 1.50 bits per heavy atom. The minimum Gasteiger partial charge on any atom is -0.467 e. The molecule has 1 aromatic rings. The molecule has 20 heavy (non-hydrogen) atoms. The molecule has 1 amide bonds. The minimum atomic E-state index is 0.0103. The zero-order chi connectivity index (χ0) is 14.2. The van der Waals surface area contributed by atoms with Crippen LogP contribution in [0.15, 0.2) is 22.8 Å². The number of piperidine rings is 1. The summed E-state index contributed by atoms with van der Waals surface area (Å²) in [4.78, 5) is 13.9. The lowest BCUT2D eigenvalue weighted by molar-refractivity contribution is -0.123. The van der Waals surface area contributed by atoms with Gasteiger partial charge in [0.2, 0.25) is 5.91 Å². The van der Waals surface area contributed by atoms with Crippen LogP contribution in [0.1, 0.15) is 18.6 Å². The van der Waals surface area contributed by atoms with Crippen molar-refractivity contribution in [2.45, 2.75) is 25.5 Å². The number of amides is 1. The van der Waals surface area contributed by atoms with E-state index in [2.05, 4.69) is 10.2 Å². The summed E-state index contributed by atoms with van der Waals surface area (Å²) >= 11 is 0. The zero-order valence-electron chi connectivity index (χ0n) is 11.6. The molecule has 1 aliphatic rings. The minimum absolute atomic E-state index is 0.0103. The van der Waals surface area contributed by atoms with Crippen molar-refractivity contribution in [2.24, 2.45) is 0 Å². The van der Waals surface area contributed by atoms with Crippen LogP contribution in [-0.4, -0.2) is 54.9 Å². The number of carbonyl (C=O) groups excluding carboxylic acids is 1. The van der Waals surface area contributed by atoms with Gasteiger partial charge >= 0.3 is 0 Å². The van der Waals surface area contributed by atoms with Crippen LogP contribution in [0.25, 0.3) is 0 Å². The van der Waals surface area contributed by atoms with Crippen molar-refractivity contribution >= 4 is 5.91 Å². The highest BCUT2D eigenvalue weighted by Crippen LogP contribution is 2.13. The van der Waals surface area contributed by atoms with Gasteiger partial charge in [0.05, 0.1) is 38.7 Å². The first-order valence-electron chi connectivity index (χ1n) is 7.02. The first-order valence-corrected chi connectivity index (χ1v) is 7.02. The van der Waals surface area contributed by atoms with E-state index in [-0.39, 0.29) is 18.6 Å². The van der Waals surface area contributed by atoms with E-state index in [9.17, 15) is 4.79 Å². The van der Waals surface area contributed by atoms with Gasteiger partial charge < -0.3 is 19.6 Å². The largest absolute Gasteiger partial charge is 0.467 e. The monoisotopic (exact) mass is 282 g/mol. The lowest BCUT2D eigenvalue weighted by Crippen LogP contribution is -2.43. The van der Waals surface area contributed by atoms with Gasteiger partial charge in [-0.2, -0.15) is 0 Å². The summed E-state index contributed by atoms with van der Waals surface area (Å²) in [5.74, 6) is 0.769. The van der Waals surface area contributed by atoms with E-state index in [4.69, 9.17) is 14.3 Å². The second-order valence-corrected chi connectivity index (χ2v) is 4.93. The number of nitrogens with one attached hydrogen (secondary N) is 1. The maximum absolute atomic E-state index is 11.8. The maximum Gasteiger partial charge on any atom is 0.234 e. The number of furan rings is 1. The molecule has 1 saturated heterocycles. The van der Waals surface area contributed by atoms with Crippen molar-refractivity contribution < 1.29 is 19.1 Å². The van der Waals surface area contributed by atoms with Gasteiger partial charge in [-0.25, -0.2) is 0 Å². The lowest BCUT2D eigenvalue weighted by atomic mass is 10.1. The number of ether oxygens (including phenoxy) is 1. The Morgan fingerprint density at radius 3 is 2.95 bits per heavy atom. The van der Waals surface area contributed by atoms with Gasteiger partial charge in [0.15, 0.2) is 0 Å². The highest BCUT2D eigenvalue weighted by Gasteiger charge is 2.21. The topological polar surface area (TPSA) is 74.9 Å². The first-order chi connectivity index (χ1) is 9.78. The average Bonchev–Trinajstić information content (AvgIpc) is 2.98. The molecular formula is C14H22N2O4. The Hall–Kier alpha value is -1.37. The zero-order valence-corrected chi connectivity index (χ0v) is 11.6. The fourth-order valence-corrected chi connectivity index (χ4v) is 2.31. The van der Waals surface area contributed by atoms with Crippen molar-refractivity contribution in [3.05, 3.63) is 24.2 Å². The summed E-state index contributed by atoms with van der Waals surface area (Å²) in [6.45, 7) is 3.01. The summed E-state index contributed by atoms with van der Waals surface area (Å²) < 4.78 is 10.7. The van der Waals surface area contributed by atoms with Crippen LogP contribution >= 0.6 is 0 Å². The molecule has 0 aliphatic carbocycles. The fraction of sp³-hybridized carbons (Fsp3) is 0.643. The number of hydrogen-bond acceptors (Lipinski definition) is 5. The molecule has 6 nitrogen and oxygen atoms in total. The summed E-state index contributed by atoms with van der Waals surface area (Å²) in [5, 5.41) is 11.5. The van der Waals surface area contributed by atoms with E-state index < -0.39 is 0 Å². The fourth-order valence-electron chi connectivity index (χ4n) is 2.31. The molecule has 1 fully saturated rings. The third kappa shape index (κ3) is 4.96. The van der Waals surface area contributed by atoms with E-state index >= 15 is 0 Å². The molecule has 1 aliphatic heterocycles. The summed E-state index contributed by atoms with van der Waals surface area (Å²) in [6, 6.07) is 3.64. The SMILES string of the molecule is O=C(CN1CCC(OCCO)CC1)NCc1ccco1. The molecule has 2 heterocycles. The molecule has 0 bridgehead atoms. The van der Waals surface area contributed by atoms with Gasteiger partial charge in [0.25, 0.3) is 0 Å². The molecule has 0 saturated carbocycles. The normalized spacial score (nSPS) is 17.2. The smallest absolute Gasteiger partial charge is 0.234 e. The molecule has 2 N–H and O–H groups in total. The molecule has 0 radical (unpaired) electrons. The van der Waals surface area contributed by atoms with E-state index in [1.807, 2.05) is 6.07 Å². The predicted molar refractivity (Wildman–Crippen MR) is 73.1 cm³/mol. The Kier molecular flexibility index (Phi) is 6.04. The average molecular weight is 282 g/mol. The van der Waals surface area contributed by atoms with E-state index in [1.54, 1.807) is 12.3 Å². The highest BCUT2D eigenvalue weighted by atomic mass is 16.5. The van der Waals surface area contributed by atoms with E-state index in [0.717, 1.165) is 31.7 Å². The van der Waals surface area contributed by atoms with Crippen LogP contribution in [0, 0.1) is 0 Å². The van der Waals surface area contributed by atoms with Crippen molar-refractivity contribution in [2.75, 3.05) is 32.8 Å². The first kappa shape index (κ1) is 15.0. The molecule has 0 unspecified atom stereocenters. The quantitative estimate of drug-likeness (QED) is 0.756. The van der Waals surface area contributed by atoms with E-state index in [1.165, 1.54) is 0 Å². The molecule has 2 rings (SSSR count). The number of aliphatic hydroxyl groups excluding tert-OH is 1. The van der Waals surface area contributed by atoms with Crippen LogP contribution in [0.5, 0.6) is 0 Å². The second-order valence-electron chi connectivity index (χ2n) is 4.93. The van der Waals surface area contributed by atoms with Crippen LogP contribution in [0.4, 0.5) is 0 Å². The number of hydrogen-bond donors (Lipinski definition) is 2. The Balaban J connectivity index is 1.61. The maximum atomic E-state index is 11.8. The molecule has 0 aromatic carbocycles. The molecule has 112 valence electrons. The Labute approximate surface area is 118 Å². The highest BCUT2D eigenvalue weighted by molar-refractivity contribution is 5.77. The van der Waals surface area contributed by atoms with Crippen molar-refractivity contribution in [1.82, 2.24) is 10.2 Å². The number of carbonyl (C=O) groups is 1. The van der Waals surface area contributed by atoms with Gasteiger partial charge in [-0.05, 0) is 25.0 Å². The standard InChI is InChI=1S/C14H22N2O4/c17-7-9-20-12-3-5-16(6-4-12)11-14(18)15-10-13-2-1-8-19-13/h1-2,8,12,17H,3-7,9-11H2,(H,15,18). The van der Waals surface area contributed by atoms with Gasteiger partial charge in [0, 0.05) is 13.1 Å². The number of likely N-dealkylation sites (tertiary alicyclic amines) is 1.